The number of esters is 1. The maximum Gasteiger partial charge on any atom is 0.359 e. The first kappa shape index (κ1) is 28.1. The summed E-state index contributed by atoms with van der Waals surface area (Å²) in [6.07, 6.45) is 2.34. The fourth-order valence-corrected chi connectivity index (χ4v) is 5.28. The lowest BCUT2D eigenvalue weighted by molar-refractivity contribution is -0.120. The van der Waals surface area contributed by atoms with Gasteiger partial charge >= 0.3 is 5.97 Å². The number of nitrogens with zero attached hydrogens (tertiary/aromatic N) is 4. The molecule has 2 aromatic heterocycles. The van der Waals surface area contributed by atoms with Crippen molar-refractivity contribution in [3.8, 4) is 5.75 Å². The summed E-state index contributed by atoms with van der Waals surface area (Å²) in [7, 11) is 1.67. The molecule has 1 amide bonds. The van der Waals surface area contributed by atoms with E-state index < -0.39 is 23.6 Å². The van der Waals surface area contributed by atoms with E-state index in [0.29, 0.717) is 39.9 Å². The van der Waals surface area contributed by atoms with Crippen molar-refractivity contribution in [3.05, 3.63) is 69.8 Å². The predicted octanol–water partition coefficient (Wildman–Crippen LogP) is 4.61. The SMILES string of the molecule is CCOC(=O)c1nn(Cc2cc(F)cc(F)c2)c(Cl)c1CCN[C@H]1COc2cc3oc(C4CC4)nc3cc2N(C)C1=O. The van der Waals surface area contributed by atoms with Gasteiger partial charge in [-0.1, -0.05) is 11.6 Å². The Bertz CT molecular complexity index is 1660. The van der Waals surface area contributed by atoms with E-state index in [4.69, 9.17) is 25.5 Å². The Morgan fingerprint density at radius 1 is 1.19 bits per heavy atom. The van der Waals surface area contributed by atoms with Gasteiger partial charge in [0, 0.05) is 37.2 Å². The molecule has 1 aliphatic heterocycles. The van der Waals surface area contributed by atoms with E-state index >= 15 is 0 Å². The average molecular weight is 600 g/mol. The molecule has 10 nitrogen and oxygen atoms in total. The molecule has 13 heteroatoms. The van der Waals surface area contributed by atoms with E-state index in [2.05, 4.69) is 15.4 Å². The molecule has 0 unspecified atom stereocenters. The zero-order valence-corrected chi connectivity index (χ0v) is 23.7. The molecule has 0 bridgehead atoms. The summed E-state index contributed by atoms with van der Waals surface area (Å²) < 4.78 is 45.8. The highest BCUT2D eigenvalue weighted by atomic mass is 35.5. The smallest absolute Gasteiger partial charge is 0.359 e. The minimum Gasteiger partial charge on any atom is -0.489 e. The van der Waals surface area contributed by atoms with Crippen molar-refractivity contribution in [2.24, 2.45) is 0 Å². The summed E-state index contributed by atoms with van der Waals surface area (Å²) in [5.74, 6) is -0.766. The zero-order chi connectivity index (χ0) is 29.5. The van der Waals surface area contributed by atoms with E-state index in [1.807, 2.05) is 0 Å². The van der Waals surface area contributed by atoms with Crippen molar-refractivity contribution >= 4 is 40.3 Å². The molecule has 0 spiro atoms. The number of halogens is 3. The molecular weight excluding hydrogens is 572 g/mol. The Labute approximate surface area is 244 Å². The fourth-order valence-electron chi connectivity index (χ4n) is 5.00. The van der Waals surface area contributed by atoms with Crippen LogP contribution in [0.15, 0.2) is 34.7 Å². The number of hydrogen-bond donors (Lipinski definition) is 1. The van der Waals surface area contributed by atoms with Crippen molar-refractivity contribution in [1.82, 2.24) is 20.1 Å². The third-order valence-corrected chi connectivity index (χ3v) is 7.70. The highest BCUT2D eigenvalue weighted by Crippen LogP contribution is 2.42. The predicted molar refractivity (Wildman–Crippen MR) is 149 cm³/mol. The van der Waals surface area contributed by atoms with Crippen molar-refractivity contribution in [2.45, 2.75) is 44.7 Å². The average Bonchev–Trinajstić information content (AvgIpc) is 3.66. The second-order valence-corrected chi connectivity index (χ2v) is 10.7. The van der Waals surface area contributed by atoms with E-state index in [1.54, 1.807) is 26.1 Å². The van der Waals surface area contributed by atoms with E-state index in [0.717, 1.165) is 31.0 Å². The molecule has 2 aromatic carbocycles. The fraction of sp³-hybridized carbons (Fsp3) is 0.379. The van der Waals surface area contributed by atoms with Crippen LogP contribution in [0, 0.1) is 11.6 Å². The number of carbonyl (C=O) groups excluding carboxylic acids is 2. The van der Waals surface area contributed by atoms with Crippen LogP contribution in [0.4, 0.5) is 14.5 Å². The number of ether oxygens (including phenoxy) is 2. The Morgan fingerprint density at radius 2 is 1.95 bits per heavy atom. The molecule has 3 heterocycles. The maximum absolute atomic E-state index is 13.7. The van der Waals surface area contributed by atoms with Crippen molar-refractivity contribution in [3.63, 3.8) is 0 Å². The van der Waals surface area contributed by atoms with Gasteiger partial charge in [-0.3, -0.25) is 4.79 Å². The molecule has 4 aromatic rings. The zero-order valence-electron chi connectivity index (χ0n) is 23.0. The topological polar surface area (TPSA) is 112 Å². The van der Waals surface area contributed by atoms with E-state index in [9.17, 15) is 18.4 Å². The van der Waals surface area contributed by atoms with Crippen LogP contribution in [0.2, 0.25) is 5.15 Å². The molecule has 2 aliphatic rings. The van der Waals surface area contributed by atoms with Gasteiger partial charge in [0.15, 0.2) is 17.2 Å². The van der Waals surface area contributed by atoms with Crippen LogP contribution in [0.5, 0.6) is 5.75 Å². The summed E-state index contributed by atoms with van der Waals surface area (Å²) in [5, 5.41) is 7.60. The largest absolute Gasteiger partial charge is 0.489 e. The van der Waals surface area contributed by atoms with Crippen LogP contribution >= 0.6 is 11.6 Å². The van der Waals surface area contributed by atoms with Crippen LogP contribution in [0.1, 0.15) is 53.2 Å². The Balaban J connectivity index is 1.17. The number of benzene rings is 2. The van der Waals surface area contributed by atoms with Crippen LogP contribution in [0.25, 0.3) is 11.1 Å². The second kappa shape index (κ2) is 11.3. The Hall–Kier alpha value is -4.03. The first-order valence-electron chi connectivity index (χ1n) is 13.7. The highest BCUT2D eigenvalue weighted by Gasteiger charge is 2.32. The molecule has 0 saturated heterocycles. The van der Waals surface area contributed by atoms with Crippen LogP contribution < -0.4 is 15.0 Å². The van der Waals surface area contributed by atoms with Gasteiger partial charge in [0.05, 0.1) is 18.8 Å². The number of rotatable bonds is 9. The minimum absolute atomic E-state index is 0.00544. The number of oxazole rings is 1. The number of likely N-dealkylation sites (N-methyl/N-ethyl adjacent to an activating group) is 1. The minimum atomic E-state index is -0.737. The van der Waals surface area contributed by atoms with Crippen molar-refractivity contribution < 1.29 is 32.3 Å². The van der Waals surface area contributed by atoms with Crippen LogP contribution in [-0.2, 0) is 22.5 Å². The summed E-state index contributed by atoms with van der Waals surface area (Å²) >= 11 is 6.60. The quantitative estimate of drug-likeness (QED) is 0.278. The van der Waals surface area contributed by atoms with Gasteiger partial charge in [-0.05, 0) is 49.9 Å². The molecule has 1 saturated carbocycles. The third kappa shape index (κ3) is 5.56. The molecule has 1 N–H and O–H groups in total. The summed E-state index contributed by atoms with van der Waals surface area (Å²) in [5.41, 5.74) is 2.54. The Morgan fingerprint density at radius 3 is 2.67 bits per heavy atom. The van der Waals surface area contributed by atoms with E-state index in [-0.39, 0.29) is 55.0 Å². The summed E-state index contributed by atoms with van der Waals surface area (Å²) in [6, 6.07) is 5.96. The second-order valence-electron chi connectivity index (χ2n) is 10.4. The van der Waals surface area contributed by atoms with Gasteiger partial charge in [0.2, 0.25) is 5.91 Å². The van der Waals surface area contributed by atoms with Crippen molar-refractivity contribution in [1.29, 1.82) is 0 Å². The number of anilines is 1. The first-order chi connectivity index (χ1) is 20.2. The molecule has 1 aliphatic carbocycles. The van der Waals surface area contributed by atoms with Gasteiger partial charge in [-0.15, -0.1) is 0 Å². The number of nitrogens with one attached hydrogen (secondary N) is 1. The normalized spacial score (nSPS) is 16.8. The molecule has 220 valence electrons. The lowest BCUT2D eigenvalue weighted by Gasteiger charge is -2.20. The number of fused-ring (bicyclic) bond motifs is 2. The third-order valence-electron chi connectivity index (χ3n) is 7.28. The van der Waals surface area contributed by atoms with Gasteiger partial charge in [0.1, 0.15) is 40.7 Å². The van der Waals surface area contributed by atoms with Gasteiger partial charge in [0.25, 0.3) is 0 Å². The summed E-state index contributed by atoms with van der Waals surface area (Å²) in [4.78, 5) is 32.1. The molecule has 0 radical (unpaired) electrons. The maximum atomic E-state index is 13.7. The van der Waals surface area contributed by atoms with Crippen molar-refractivity contribution in [2.75, 3.05) is 31.7 Å². The summed E-state index contributed by atoms with van der Waals surface area (Å²) in [6.45, 7) is 2.03. The molecule has 1 fully saturated rings. The monoisotopic (exact) mass is 599 g/mol. The van der Waals surface area contributed by atoms with Crippen LogP contribution in [-0.4, -0.2) is 59.5 Å². The molecule has 1 atom stereocenters. The first-order valence-corrected chi connectivity index (χ1v) is 14.0. The highest BCUT2D eigenvalue weighted by molar-refractivity contribution is 6.30. The lowest BCUT2D eigenvalue weighted by atomic mass is 10.1. The molecule has 42 heavy (non-hydrogen) atoms. The Kier molecular flexibility index (Phi) is 7.58. The van der Waals surface area contributed by atoms with Gasteiger partial charge in [-0.25, -0.2) is 23.2 Å². The van der Waals surface area contributed by atoms with Crippen LogP contribution in [0.3, 0.4) is 0 Å². The lowest BCUT2D eigenvalue weighted by Crippen LogP contribution is -2.47. The number of amides is 1. The molecular formula is C29H28ClF2N5O5. The number of hydrogen-bond acceptors (Lipinski definition) is 8. The van der Waals surface area contributed by atoms with E-state index in [1.165, 1.54) is 9.58 Å². The number of carbonyl (C=O) groups is 2. The number of aromatic nitrogens is 3. The standard InChI is InChI=1S/C29H28ClF2N5O5/c1-3-40-29(39)25-19(26(30)37(35-25)13-15-8-17(31)10-18(32)9-15)6-7-33-21-14-41-24-12-23-20(11-22(24)36(2)28(21)38)34-27(42-23)16-4-5-16/h8-12,16,21,33H,3-7,13-14H2,1-2H3/t21-/m0/s1. The molecule has 6 rings (SSSR count). The van der Waals surface area contributed by atoms with Gasteiger partial charge in [-0.2, -0.15) is 5.10 Å². The van der Waals surface area contributed by atoms with Gasteiger partial charge < -0.3 is 24.1 Å².